The first-order chi connectivity index (χ1) is 3.77. The average Bonchev–Trinajstić information content (AvgIpc) is 2.45. The molecule has 0 aromatic heterocycles. The third-order valence-electron chi connectivity index (χ3n) is 1.15. The summed E-state index contributed by atoms with van der Waals surface area (Å²) in [5.41, 5.74) is 0. The van der Waals surface area contributed by atoms with Crippen LogP contribution < -0.4 is 0 Å². The predicted molar refractivity (Wildman–Crippen MR) is 37.1 cm³/mol. The maximum Gasteiger partial charge on any atom is 0.111 e. The molecular formula is C6H10OS. The Balaban J connectivity index is 2.09. The molecule has 1 aliphatic rings. The van der Waals surface area contributed by atoms with Gasteiger partial charge in [-0.3, -0.25) is 0 Å². The lowest BCUT2D eigenvalue weighted by molar-refractivity contribution is 0.124. The number of hydrogen-bond acceptors (Lipinski definition) is 2. The van der Waals surface area contributed by atoms with Crippen LogP contribution in [0.5, 0.6) is 0 Å². The zero-order chi connectivity index (χ0) is 6.04. The van der Waals surface area contributed by atoms with E-state index in [9.17, 15) is 0 Å². The Morgan fingerprint density at radius 2 is 2.38 bits per heavy atom. The van der Waals surface area contributed by atoms with Crippen LogP contribution in [0.1, 0.15) is 12.8 Å². The molecule has 0 bridgehead atoms. The Morgan fingerprint density at radius 1 is 1.75 bits per heavy atom. The van der Waals surface area contributed by atoms with Gasteiger partial charge in [0.1, 0.15) is 4.93 Å². The highest BCUT2D eigenvalue weighted by molar-refractivity contribution is 7.82. The minimum atomic E-state index is -0.0752. The Hall–Kier alpha value is 0.0500. The molecule has 0 saturated heterocycles. The van der Waals surface area contributed by atoms with Crippen LogP contribution in [0.2, 0.25) is 0 Å². The number of ether oxygens (including phenoxy) is 1. The standard InChI is InChI=1S/C6H10OS/c1-2-5-7-6(8)3-4-6/h2,8H,1,3-5H2. The van der Waals surface area contributed by atoms with Crippen molar-refractivity contribution in [3.63, 3.8) is 0 Å². The van der Waals surface area contributed by atoms with Gasteiger partial charge in [0.05, 0.1) is 6.61 Å². The molecule has 0 N–H and O–H groups in total. The van der Waals surface area contributed by atoms with Crippen LogP contribution in [0.4, 0.5) is 0 Å². The smallest absolute Gasteiger partial charge is 0.111 e. The van der Waals surface area contributed by atoms with Crippen molar-refractivity contribution in [3.05, 3.63) is 12.7 Å². The van der Waals surface area contributed by atoms with Crippen molar-refractivity contribution >= 4 is 12.6 Å². The normalized spacial score (nSPS) is 22.6. The third-order valence-corrected chi connectivity index (χ3v) is 1.72. The first-order valence-electron chi connectivity index (χ1n) is 2.74. The molecule has 0 aromatic rings. The molecule has 0 atom stereocenters. The number of hydrogen-bond donors (Lipinski definition) is 1. The fourth-order valence-electron chi connectivity index (χ4n) is 0.465. The van der Waals surface area contributed by atoms with Gasteiger partial charge in [-0.1, -0.05) is 6.08 Å². The van der Waals surface area contributed by atoms with Crippen molar-refractivity contribution in [2.75, 3.05) is 6.61 Å². The molecule has 0 heterocycles. The van der Waals surface area contributed by atoms with Crippen molar-refractivity contribution in [1.82, 2.24) is 0 Å². The largest absolute Gasteiger partial charge is 0.361 e. The molecule has 1 rings (SSSR count). The topological polar surface area (TPSA) is 9.23 Å². The Labute approximate surface area is 55.1 Å². The molecule has 0 spiro atoms. The van der Waals surface area contributed by atoms with Gasteiger partial charge in [0, 0.05) is 0 Å². The van der Waals surface area contributed by atoms with E-state index in [0.29, 0.717) is 6.61 Å². The van der Waals surface area contributed by atoms with E-state index < -0.39 is 0 Å². The maximum absolute atomic E-state index is 5.24. The summed E-state index contributed by atoms with van der Waals surface area (Å²) in [6.45, 7) is 4.16. The minimum Gasteiger partial charge on any atom is -0.361 e. The molecule has 2 heteroatoms. The van der Waals surface area contributed by atoms with E-state index in [4.69, 9.17) is 4.74 Å². The zero-order valence-electron chi connectivity index (χ0n) is 4.76. The van der Waals surface area contributed by atoms with Crippen molar-refractivity contribution in [1.29, 1.82) is 0 Å². The van der Waals surface area contributed by atoms with E-state index in [1.165, 1.54) is 0 Å². The van der Waals surface area contributed by atoms with Gasteiger partial charge in [0.2, 0.25) is 0 Å². The summed E-state index contributed by atoms with van der Waals surface area (Å²) in [6.07, 6.45) is 3.92. The lowest BCUT2D eigenvalue weighted by Gasteiger charge is -2.04. The second-order valence-corrected chi connectivity index (χ2v) is 2.86. The van der Waals surface area contributed by atoms with Gasteiger partial charge < -0.3 is 4.74 Å². The van der Waals surface area contributed by atoms with Gasteiger partial charge in [-0.05, 0) is 12.8 Å². The molecule has 0 aromatic carbocycles. The van der Waals surface area contributed by atoms with Crippen molar-refractivity contribution in [3.8, 4) is 0 Å². The molecule has 1 aliphatic carbocycles. The number of rotatable bonds is 3. The van der Waals surface area contributed by atoms with Crippen LogP contribution in [0.15, 0.2) is 12.7 Å². The van der Waals surface area contributed by atoms with Crippen LogP contribution >= 0.6 is 12.6 Å². The van der Waals surface area contributed by atoms with Crippen molar-refractivity contribution in [2.24, 2.45) is 0 Å². The lowest BCUT2D eigenvalue weighted by atomic mass is 10.7. The summed E-state index contributed by atoms with van der Waals surface area (Å²) in [5, 5.41) is 0. The molecule has 1 nitrogen and oxygen atoms in total. The number of thiol groups is 1. The molecule has 0 radical (unpaired) electrons. The van der Waals surface area contributed by atoms with E-state index >= 15 is 0 Å². The van der Waals surface area contributed by atoms with Crippen LogP contribution in [0.3, 0.4) is 0 Å². The molecular weight excluding hydrogens is 120 g/mol. The van der Waals surface area contributed by atoms with E-state index in [-0.39, 0.29) is 4.93 Å². The highest BCUT2D eigenvalue weighted by Crippen LogP contribution is 2.42. The maximum atomic E-state index is 5.24. The van der Waals surface area contributed by atoms with E-state index in [0.717, 1.165) is 12.8 Å². The molecule has 1 fully saturated rings. The first kappa shape index (κ1) is 6.17. The van der Waals surface area contributed by atoms with Gasteiger partial charge >= 0.3 is 0 Å². The molecule has 0 aliphatic heterocycles. The molecule has 8 heavy (non-hydrogen) atoms. The minimum absolute atomic E-state index is 0.0752. The first-order valence-corrected chi connectivity index (χ1v) is 3.19. The summed E-state index contributed by atoms with van der Waals surface area (Å²) < 4.78 is 5.24. The van der Waals surface area contributed by atoms with Crippen LogP contribution in [-0.4, -0.2) is 11.5 Å². The molecule has 0 amide bonds. The van der Waals surface area contributed by atoms with Crippen molar-refractivity contribution in [2.45, 2.75) is 17.8 Å². The van der Waals surface area contributed by atoms with Gasteiger partial charge in [0.15, 0.2) is 0 Å². The second-order valence-electron chi connectivity index (χ2n) is 2.05. The summed E-state index contributed by atoms with van der Waals surface area (Å²) >= 11 is 4.23. The van der Waals surface area contributed by atoms with E-state index in [1.807, 2.05) is 0 Å². The van der Waals surface area contributed by atoms with Gasteiger partial charge in [0.25, 0.3) is 0 Å². The zero-order valence-corrected chi connectivity index (χ0v) is 5.66. The predicted octanol–water partition coefficient (Wildman–Crippen LogP) is 1.61. The fraction of sp³-hybridized carbons (Fsp3) is 0.667. The van der Waals surface area contributed by atoms with Gasteiger partial charge in [-0.15, -0.1) is 19.2 Å². The summed E-state index contributed by atoms with van der Waals surface area (Å²) in [7, 11) is 0. The second kappa shape index (κ2) is 2.11. The SMILES string of the molecule is C=CCOC1(S)CC1. The quantitative estimate of drug-likeness (QED) is 0.347. The van der Waals surface area contributed by atoms with Crippen LogP contribution in [-0.2, 0) is 4.74 Å². The summed E-state index contributed by atoms with van der Waals surface area (Å²) in [4.78, 5) is -0.0752. The third kappa shape index (κ3) is 1.53. The van der Waals surface area contributed by atoms with Crippen LogP contribution in [0.25, 0.3) is 0 Å². The fourth-order valence-corrected chi connectivity index (χ4v) is 0.652. The average molecular weight is 130 g/mol. The van der Waals surface area contributed by atoms with E-state index in [1.54, 1.807) is 6.08 Å². The Kier molecular flexibility index (Phi) is 1.63. The Bertz CT molecular complexity index is 96.7. The Morgan fingerprint density at radius 3 is 2.75 bits per heavy atom. The summed E-state index contributed by atoms with van der Waals surface area (Å²) in [5.74, 6) is 0. The highest BCUT2D eigenvalue weighted by atomic mass is 32.1. The van der Waals surface area contributed by atoms with E-state index in [2.05, 4.69) is 19.2 Å². The van der Waals surface area contributed by atoms with Gasteiger partial charge in [-0.25, -0.2) is 0 Å². The monoisotopic (exact) mass is 130 g/mol. The highest BCUT2D eigenvalue weighted by Gasteiger charge is 2.39. The summed E-state index contributed by atoms with van der Waals surface area (Å²) in [6, 6.07) is 0. The van der Waals surface area contributed by atoms with Crippen LogP contribution in [0, 0.1) is 0 Å². The van der Waals surface area contributed by atoms with Crippen molar-refractivity contribution < 1.29 is 4.74 Å². The molecule has 0 unspecified atom stereocenters. The van der Waals surface area contributed by atoms with Gasteiger partial charge in [-0.2, -0.15) is 0 Å². The molecule has 46 valence electrons. The lowest BCUT2D eigenvalue weighted by Crippen LogP contribution is -2.03. The molecule has 1 saturated carbocycles.